The molecule has 5 heteroatoms. The van der Waals surface area contributed by atoms with Crippen LogP contribution in [-0.4, -0.2) is 10.1 Å². The average Bonchev–Trinajstić information content (AvgIpc) is 2.88. The number of para-hydroxylation sites is 1. The van der Waals surface area contributed by atoms with Crippen molar-refractivity contribution in [1.29, 1.82) is 0 Å². The first-order valence-electron chi connectivity index (χ1n) is 5.77. The molecule has 0 saturated heterocycles. The molecule has 0 fully saturated rings. The fourth-order valence-electron chi connectivity index (χ4n) is 1.86. The monoisotopic (exact) mass is 274 g/mol. The molecule has 0 bridgehead atoms. The smallest absolute Gasteiger partial charge is 0.165 e. The fraction of sp³-hybridized carbons (Fsp3) is 0.0714. The van der Waals surface area contributed by atoms with E-state index in [1.54, 1.807) is 29.0 Å². The third-order valence-corrected chi connectivity index (χ3v) is 3.68. The molecule has 1 heterocycles. The molecule has 19 heavy (non-hydrogen) atoms. The predicted molar refractivity (Wildman–Crippen MR) is 75.0 cm³/mol. The van der Waals surface area contributed by atoms with E-state index in [9.17, 15) is 9.50 Å². The number of nitrogens with zero attached hydrogens (tertiary/aromatic N) is 1. The first-order valence-corrected chi connectivity index (χ1v) is 6.65. The zero-order valence-corrected chi connectivity index (χ0v) is 10.7. The van der Waals surface area contributed by atoms with Gasteiger partial charge in [0.15, 0.2) is 11.6 Å². The van der Waals surface area contributed by atoms with Crippen LogP contribution in [0.4, 0.5) is 10.1 Å². The number of aromatic hydroxyl groups is 1. The Kier molecular flexibility index (Phi) is 3.05. The summed E-state index contributed by atoms with van der Waals surface area (Å²) < 4.78 is 14.3. The topological polar surface area (TPSA) is 45.1 Å². The lowest BCUT2D eigenvalue weighted by Crippen LogP contribution is -2.00. The van der Waals surface area contributed by atoms with Gasteiger partial charge in [0.2, 0.25) is 0 Å². The van der Waals surface area contributed by atoms with Crippen LogP contribution >= 0.6 is 11.3 Å². The largest absolute Gasteiger partial charge is 0.505 e. The number of fused-ring (bicyclic) bond motifs is 1. The summed E-state index contributed by atoms with van der Waals surface area (Å²) in [5.74, 6) is -0.897. The van der Waals surface area contributed by atoms with E-state index in [1.165, 1.54) is 6.07 Å². The van der Waals surface area contributed by atoms with E-state index < -0.39 is 5.82 Å². The van der Waals surface area contributed by atoms with Crippen LogP contribution in [-0.2, 0) is 6.54 Å². The van der Waals surface area contributed by atoms with E-state index in [2.05, 4.69) is 10.3 Å². The summed E-state index contributed by atoms with van der Waals surface area (Å²) >= 11 is 1.57. The van der Waals surface area contributed by atoms with Crippen molar-refractivity contribution in [3.8, 4) is 5.75 Å². The van der Waals surface area contributed by atoms with Gasteiger partial charge in [-0.05, 0) is 24.3 Å². The molecule has 0 aliphatic rings. The zero-order chi connectivity index (χ0) is 13.2. The Morgan fingerprint density at radius 3 is 3.05 bits per heavy atom. The molecule has 0 amide bonds. The number of rotatable bonds is 3. The maximum absolute atomic E-state index is 13.2. The first kappa shape index (κ1) is 11.9. The van der Waals surface area contributed by atoms with Crippen molar-refractivity contribution in [2.75, 3.05) is 5.32 Å². The minimum Gasteiger partial charge on any atom is -0.505 e. The number of anilines is 1. The molecule has 3 aromatic rings. The summed E-state index contributed by atoms with van der Waals surface area (Å²) in [6.45, 7) is 0.369. The Labute approximate surface area is 113 Å². The maximum Gasteiger partial charge on any atom is 0.165 e. The molecular formula is C14H11FN2OS. The fourth-order valence-corrected chi connectivity index (χ4v) is 2.58. The van der Waals surface area contributed by atoms with Gasteiger partial charge in [0.1, 0.15) is 0 Å². The highest BCUT2D eigenvalue weighted by molar-refractivity contribution is 7.16. The van der Waals surface area contributed by atoms with Gasteiger partial charge in [-0.25, -0.2) is 9.37 Å². The number of phenols is 1. The number of halogens is 1. The lowest BCUT2D eigenvalue weighted by Gasteiger charge is -2.08. The Bertz CT molecular complexity index is 726. The van der Waals surface area contributed by atoms with Crippen molar-refractivity contribution < 1.29 is 9.50 Å². The lowest BCUT2D eigenvalue weighted by atomic mass is 10.2. The molecule has 0 aliphatic carbocycles. The summed E-state index contributed by atoms with van der Waals surface area (Å²) in [4.78, 5) is 4.20. The van der Waals surface area contributed by atoms with Crippen LogP contribution in [0.25, 0.3) is 10.2 Å². The highest BCUT2D eigenvalue weighted by atomic mass is 32.1. The second-order valence-electron chi connectivity index (χ2n) is 4.14. The minimum atomic E-state index is -0.600. The Balaban J connectivity index is 1.80. The molecule has 2 aromatic carbocycles. The van der Waals surface area contributed by atoms with Crippen LogP contribution in [0.1, 0.15) is 5.56 Å². The van der Waals surface area contributed by atoms with Crippen molar-refractivity contribution in [3.05, 3.63) is 53.3 Å². The summed E-state index contributed by atoms with van der Waals surface area (Å²) in [5.41, 5.74) is 4.21. The van der Waals surface area contributed by atoms with Gasteiger partial charge >= 0.3 is 0 Å². The Morgan fingerprint density at radius 1 is 1.26 bits per heavy atom. The van der Waals surface area contributed by atoms with Gasteiger partial charge in [0.05, 0.1) is 15.7 Å². The van der Waals surface area contributed by atoms with Gasteiger partial charge in [-0.1, -0.05) is 12.1 Å². The van der Waals surface area contributed by atoms with Gasteiger partial charge in [0.25, 0.3) is 0 Å². The highest BCUT2D eigenvalue weighted by Crippen LogP contribution is 2.24. The second kappa shape index (κ2) is 4.85. The molecule has 0 radical (unpaired) electrons. The van der Waals surface area contributed by atoms with E-state index in [0.717, 1.165) is 15.9 Å². The summed E-state index contributed by atoms with van der Waals surface area (Å²) in [6.07, 6.45) is 0. The van der Waals surface area contributed by atoms with Crippen LogP contribution in [0.3, 0.4) is 0 Å². The van der Waals surface area contributed by atoms with E-state index in [-0.39, 0.29) is 5.75 Å². The molecule has 0 saturated carbocycles. The van der Waals surface area contributed by atoms with Crippen LogP contribution in [0.5, 0.6) is 5.75 Å². The maximum atomic E-state index is 13.2. The van der Waals surface area contributed by atoms with Crippen LogP contribution in [0, 0.1) is 5.82 Å². The molecule has 0 atom stereocenters. The number of aromatic nitrogens is 1. The van der Waals surface area contributed by atoms with E-state index in [1.807, 2.05) is 18.2 Å². The van der Waals surface area contributed by atoms with Crippen LogP contribution in [0.2, 0.25) is 0 Å². The predicted octanol–water partition coefficient (Wildman–Crippen LogP) is 3.75. The zero-order valence-electron chi connectivity index (χ0n) is 9.93. The van der Waals surface area contributed by atoms with E-state index in [4.69, 9.17) is 0 Å². The molecule has 3 rings (SSSR count). The van der Waals surface area contributed by atoms with Crippen molar-refractivity contribution in [3.63, 3.8) is 0 Å². The molecule has 96 valence electrons. The third-order valence-electron chi connectivity index (χ3n) is 2.88. The third kappa shape index (κ3) is 2.37. The SMILES string of the molecule is Oc1c(F)cccc1CNc1ccc2ncsc2c1. The molecule has 0 aliphatic heterocycles. The lowest BCUT2D eigenvalue weighted by molar-refractivity contribution is 0.427. The molecule has 3 nitrogen and oxygen atoms in total. The average molecular weight is 274 g/mol. The number of phenolic OH excluding ortho intramolecular Hbond substituents is 1. The van der Waals surface area contributed by atoms with Crippen molar-refractivity contribution in [2.24, 2.45) is 0 Å². The Morgan fingerprint density at radius 2 is 2.16 bits per heavy atom. The molecule has 2 N–H and O–H groups in total. The number of hydrogen-bond acceptors (Lipinski definition) is 4. The van der Waals surface area contributed by atoms with E-state index >= 15 is 0 Å². The van der Waals surface area contributed by atoms with Crippen molar-refractivity contribution in [2.45, 2.75) is 6.54 Å². The molecule has 0 spiro atoms. The van der Waals surface area contributed by atoms with E-state index in [0.29, 0.717) is 12.1 Å². The van der Waals surface area contributed by atoms with Gasteiger partial charge in [-0.15, -0.1) is 11.3 Å². The van der Waals surface area contributed by atoms with Crippen LogP contribution in [0.15, 0.2) is 41.9 Å². The first-order chi connectivity index (χ1) is 9.24. The molecular weight excluding hydrogens is 263 g/mol. The summed E-state index contributed by atoms with van der Waals surface area (Å²) in [5, 5.41) is 12.8. The standard InChI is InChI=1S/C14H11FN2OS/c15-11-3-1-2-9(14(11)18)7-16-10-4-5-12-13(6-10)19-8-17-12/h1-6,8,16,18H,7H2. The van der Waals surface area contributed by atoms with Gasteiger partial charge in [0, 0.05) is 17.8 Å². The van der Waals surface area contributed by atoms with Crippen LogP contribution < -0.4 is 5.32 Å². The number of thiazole rings is 1. The number of benzene rings is 2. The minimum absolute atomic E-state index is 0.297. The van der Waals surface area contributed by atoms with Gasteiger partial charge in [-0.2, -0.15) is 0 Å². The molecule has 0 unspecified atom stereocenters. The Hall–Kier alpha value is -2.14. The molecule has 1 aromatic heterocycles. The van der Waals surface area contributed by atoms with Gasteiger partial charge in [-0.3, -0.25) is 0 Å². The van der Waals surface area contributed by atoms with Gasteiger partial charge < -0.3 is 10.4 Å². The quantitative estimate of drug-likeness (QED) is 0.764. The van der Waals surface area contributed by atoms with Crippen molar-refractivity contribution in [1.82, 2.24) is 4.98 Å². The highest BCUT2D eigenvalue weighted by Gasteiger charge is 2.06. The number of hydrogen-bond donors (Lipinski definition) is 2. The normalized spacial score (nSPS) is 10.8. The summed E-state index contributed by atoms with van der Waals surface area (Å²) in [7, 11) is 0. The second-order valence-corrected chi connectivity index (χ2v) is 5.02. The number of nitrogens with one attached hydrogen (secondary N) is 1. The van der Waals surface area contributed by atoms with Crippen molar-refractivity contribution >= 4 is 27.2 Å². The summed E-state index contributed by atoms with van der Waals surface area (Å²) in [6, 6.07) is 10.3.